The summed E-state index contributed by atoms with van der Waals surface area (Å²) in [5.74, 6) is -0.372. The molecule has 0 saturated carbocycles. The highest BCUT2D eigenvalue weighted by Gasteiger charge is 2.39. The zero-order chi connectivity index (χ0) is 21.8. The van der Waals surface area contributed by atoms with Crippen molar-refractivity contribution >= 4 is 29.1 Å². The van der Waals surface area contributed by atoms with Crippen LogP contribution >= 0.6 is 11.8 Å². The highest BCUT2D eigenvalue weighted by molar-refractivity contribution is 8.04. The maximum absolute atomic E-state index is 13.4. The Morgan fingerprint density at radius 2 is 1.65 bits per heavy atom. The first-order valence-electron chi connectivity index (χ1n) is 10.8. The Hall–Kier alpha value is -2.41. The monoisotopic (exact) mass is 436 g/mol. The fourth-order valence-corrected chi connectivity index (χ4v) is 4.92. The summed E-state index contributed by atoms with van der Waals surface area (Å²) in [6.45, 7) is 8.68. The Morgan fingerprint density at radius 3 is 2.35 bits per heavy atom. The molecule has 0 aliphatic carbocycles. The van der Waals surface area contributed by atoms with Gasteiger partial charge < -0.3 is 4.74 Å². The van der Waals surface area contributed by atoms with Crippen molar-refractivity contribution in [1.29, 1.82) is 0 Å². The van der Waals surface area contributed by atoms with E-state index < -0.39 is 0 Å². The van der Waals surface area contributed by atoms with E-state index >= 15 is 0 Å². The number of amides is 2. The lowest BCUT2D eigenvalue weighted by molar-refractivity contribution is -0.136. The van der Waals surface area contributed by atoms with Crippen LogP contribution in [-0.4, -0.2) is 61.0 Å². The molecule has 0 N–H and O–H groups in total. The Labute approximate surface area is 188 Å². The van der Waals surface area contributed by atoms with Crippen LogP contribution in [0.25, 0.3) is 5.57 Å². The number of aryl methyl sites for hydroxylation is 2. The molecule has 0 bridgehead atoms. The summed E-state index contributed by atoms with van der Waals surface area (Å²) in [6.07, 6.45) is 0.765. The number of hydrogen-bond donors (Lipinski definition) is 0. The first-order chi connectivity index (χ1) is 15.0. The van der Waals surface area contributed by atoms with Crippen LogP contribution in [0.4, 0.5) is 0 Å². The molecule has 1 fully saturated rings. The van der Waals surface area contributed by atoms with E-state index in [1.165, 1.54) is 22.2 Å². The number of imide groups is 1. The number of carbonyl (C=O) groups is 2. The summed E-state index contributed by atoms with van der Waals surface area (Å²) >= 11 is 1.38. The zero-order valence-electron chi connectivity index (χ0n) is 18.1. The summed E-state index contributed by atoms with van der Waals surface area (Å²) in [6, 6.07) is 15.7. The minimum Gasteiger partial charge on any atom is -0.379 e. The molecule has 2 heterocycles. The summed E-state index contributed by atoms with van der Waals surface area (Å²) < 4.78 is 5.40. The minimum atomic E-state index is -0.186. The van der Waals surface area contributed by atoms with Gasteiger partial charge in [0.05, 0.1) is 23.7 Å². The van der Waals surface area contributed by atoms with Crippen LogP contribution in [0.3, 0.4) is 0 Å². The number of thioether (sulfide) groups is 1. The van der Waals surface area contributed by atoms with E-state index in [2.05, 4.69) is 4.90 Å². The molecule has 2 aromatic rings. The molecule has 4 rings (SSSR count). The normalized spacial score (nSPS) is 17.7. The van der Waals surface area contributed by atoms with Gasteiger partial charge in [-0.15, -0.1) is 0 Å². The number of hydrogen-bond acceptors (Lipinski definition) is 5. The van der Waals surface area contributed by atoms with Gasteiger partial charge in [0.2, 0.25) is 0 Å². The van der Waals surface area contributed by atoms with Crippen molar-refractivity contribution in [3.63, 3.8) is 0 Å². The van der Waals surface area contributed by atoms with Gasteiger partial charge in [-0.3, -0.25) is 19.4 Å². The lowest BCUT2D eigenvalue weighted by Crippen LogP contribution is -2.39. The molecule has 0 radical (unpaired) electrons. The van der Waals surface area contributed by atoms with E-state index in [-0.39, 0.29) is 11.8 Å². The summed E-state index contributed by atoms with van der Waals surface area (Å²) in [7, 11) is 0. The molecule has 0 atom stereocenters. The van der Waals surface area contributed by atoms with Gasteiger partial charge in [0.1, 0.15) is 0 Å². The van der Waals surface area contributed by atoms with E-state index in [1.807, 2.05) is 62.4 Å². The molecular formula is C25H28N2O3S. The average molecular weight is 437 g/mol. The van der Waals surface area contributed by atoms with Crippen molar-refractivity contribution in [3.8, 4) is 0 Å². The molecule has 0 spiro atoms. The van der Waals surface area contributed by atoms with Gasteiger partial charge in [-0.05, 0) is 49.1 Å². The smallest absolute Gasteiger partial charge is 0.268 e. The fourth-order valence-electron chi connectivity index (χ4n) is 3.89. The first-order valence-corrected chi connectivity index (χ1v) is 11.6. The molecule has 162 valence electrons. The Balaban J connectivity index is 1.57. The number of nitrogens with zero attached hydrogens (tertiary/aromatic N) is 2. The number of carbonyl (C=O) groups excluding carboxylic acids is 2. The highest BCUT2D eigenvalue weighted by atomic mass is 32.2. The molecule has 2 amide bonds. The lowest BCUT2D eigenvalue weighted by atomic mass is 10.0. The fraction of sp³-hybridized carbons (Fsp3) is 0.360. The molecule has 0 aromatic heterocycles. The number of rotatable bonds is 7. The van der Waals surface area contributed by atoms with Gasteiger partial charge >= 0.3 is 0 Å². The van der Waals surface area contributed by atoms with Gasteiger partial charge in [0.15, 0.2) is 0 Å². The van der Waals surface area contributed by atoms with Crippen LogP contribution in [0, 0.1) is 13.8 Å². The van der Waals surface area contributed by atoms with Crippen LogP contribution in [0.15, 0.2) is 58.3 Å². The van der Waals surface area contributed by atoms with Crippen LogP contribution in [0.5, 0.6) is 0 Å². The predicted octanol–water partition coefficient (Wildman–Crippen LogP) is 3.90. The van der Waals surface area contributed by atoms with E-state index in [0.717, 1.165) is 55.3 Å². The molecule has 2 aliphatic rings. The minimum absolute atomic E-state index is 0.186. The average Bonchev–Trinajstić information content (AvgIpc) is 3.01. The van der Waals surface area contributed by atoms with Crippen molar-refractivity contribution < 1.29 is 14.3 Å². The Bertz CT molecular complexity index is 997. The molecule has 0 unspecified atom stereocenters. The van der Waals surface area contributed by atoms with Crippen molar-refractivity contribution in [2.24, 2.45) is 0 Å². The predicted molar refractivity (Wildman–Crippen MR) is 124 cm³/mol. The number of benzene rings is 2. The van der Waals surface area contributed by atoms with Crippen molar-refractivity contribution in [1.82, 2.24) is 9.80 Å². The number of ether oxygens (including phenoxy) is 1. The molecule has 6 heteroatoms. The quantitative estimate of drug-likeness (QED) is 0.616. The summed E-state index contributed by atoms with van der Waals surface area (Å²) in [5.41, 5.74) is 3.62. The molecule has 31 heavy (non-hydrogen) atoms. The largest absolute Gasteiger partial charge is 0.379 e. The first kappa shape index (κ1) is 21.8. The van der Waals surface area contributed by atoms with E-state index in [0.29, 0.717) is 17.0 Å². The molecule has 1 saturated heterocycles. The van der Waals surface area contributed by atoms with Crippen molar-refractivity contribution in [2.45, 2.75) is 25.2 Å². The second-order valence-electron chi connectivity index (χ2n) is 7.99. The second-order valence-corrected chi connectivity index (χ2v) is 9.07. The second kappa shape index (κ2) is 9.81. The number of morpholine rings is 1. The Morgan fingerprint density at radius 1 is 0.903 bits per heavy atom. The van der Waals surface area contributed by atoms with Gasteiger partial charge in [0, 0.05) is 31.1 Å². The lowest BCUT2D eigenvalue weighted by Gasteiger charge is -2.27. The van der Waals surface area contributed by atoms with E-state index in [9.17, 15) is 9.59 Å². The maximum Gasteiger partial charge on any atom is 0.268 e. The zero-order valence-corrected chi connectivity index (χ0v) is 18.9. The third-order valence-electron chi connectivity index (χ3n) is 5.84. The van der Waals surface area contributed by atoms with Crippen LogP contribution in [0.2, 0.25) is 0 Å². The third kappa shape index (κ3) is 4.92. The third-order valence-corrected chi connectivity index (χ3v) is 6.93. The van der Waals surface area contributed by atoms with Crippen molar-refractivity contribution in [3.05, 3.63) is 70.1 Å². The SMILES string of the molecule is Cc1ccc(C2=C(Sc3ccccc3)C(=O)N(CCCN3CCOCC3)C2=O)cc1C. The van der Waals surface area contributed by atoms with Gasteiger partial charge in [-0.1, -0.05) is 48.2 Å². The van der Waals surface area contributed by atoms with E-state index in [1.54, 1.807) is 0 Å². The van der Waals surface area contributed by atoms with E-state index in [4.69, 9.17) is 4.74 Å². The van der Waals surface area contributed by atoms with Crippen LogP contribution in [-0.2, 0) is 14.3 Å². The molecule has 5 nitrogen and oxygen atoms in total. The highest BCUT2D eigenvalue weighted by Crippen LogP contribution is 2.40. The van der Waals surface area contributed by atoms with Crippen LogP contribution in [0.1, 0.15) is 23.1 Å². The topological polar surface area (TPSA) is 49.9 Å². The molecular weight excluding hydrogens is 408 g/mol. The maximum atomic E-state index is 13.4. The van der Waals surface area contributed by atoms with Crippen molar-refractivity contribution in [2.75, 3.05) is 39.4 Å². The van der Waals surface area contributed by atoms with Gasteiger partial charge in [0.25, 0.3) is 11.8 Å². The Kier molecular flexibility index (Phi) is 6.90. The van der Waals surface area contributed by atoms with Gasteiger partial charge in [-0.2, -0.15) is 0 Å². The standard InChI is InChI=1S/C25H28N2O3S/c1-18-9-10-20(17-19(18)2)22-23(31-21-7-4-3-5-8-21)25(29)27(24(22)28)12-6-11-26-13-15-30-16-14-26/h3-5,7-10,17H,6,11-16H2,1-2H3. The van der Waals surface area contributed by atoms with Gasteiger partial charge in [-0.25, -0.2) is 0 Å². The van der Waals surface area contributed by atoms with Crippen LogP contribution < -0.4 is 0 Å². The summed E-state index contributed by atoms with van der Waals surface area (Å²) in [4.78, 5) is 32.0. The molecule has 2 aromatic carbocycles. The summed E-state index contributed by atoms with van der Waals surface area (Å²) in [5, 5.41) is 0. The molecule has 2 aliphatic heterocycles.